The summed E-state index contributed by atoms with van der Waals surface area (Å²) in [5, 5.41) is 0. The molecule has 3 nitrogen and oxygen atoms in total. The van der Waals surface area contributed by atoms with Gasteiger partial charge in [0.15, 0.2) is 4.77 Å². The van der Waals surface area contributed by atoms with Crippen molar-refractivity contribution in [1.29, 1.82) is 0 Å². The summed E-state index contributed by atoms with van der Waals surface area (Å²) in [6.07, 6.45) is 2.94. The molecular formula is C19H19N3S2. The van der Waals surface area contributed by atoms with Gasteiger partial charge in [-0.15, -0.1) is 11.3 Å². The highest BCUT2D eigenvalue weighted by Gasteiger charge is 2.18. The minimum absolute atomic E-state index is 0.586. The second-order valence-corrected chi connectivity index (χ2v) is 7.79. The highest BCUT2D eigenvalue weighted by atomic mass is 32.1. The molecule has 0 unspecified atom stereocenters. The van der Waals surface area contributed by atoms with Crippen LogP contribution in [-0.4, -0.2) is 21.4 Å². The number of hydrogen-bond acceptors (Lipinski definition) is 4. The fourth-order valence-electron chi connectivity index (χ4n) is 3.22. The fourth-order valence-corrected chi connectivity index (χ4v) is 4.53. The van der Waals surface area contributed by atoms with Crippen molar-refractivity contribution in [3.8, 4) is 10.4 Å². The van der Waals surface area contributed by atoms with Gasteiger partial charge in [-0.25, -0.2) is 4.98 Å². The molecule has 1 aliphatic rings. The Balaban J connectivity index is 1.50. The first-order chi connectivity index (χ1) is 11.7. The molecule has 0 saturated carbocycles. The maximum atomic E-state index is 5.11. The summed E-state index contributed by atoms with van der Waals surface area (Å²) in [7, 11) is 0. The third kappa shape index (κ3) is 3.20. The van der Waals surface area contributed by atoms with Gasteiger partial charge < -0.3 is 4.98 Å². The molecule has 3 aromatic rings. The van der Waals surface area contributed by atoms with Crippen LogP contribution in [0.3, 0.4) is 0 Å². The second-order valence-electron chi connectivity index (χ2n) is 6.23. The first-order valence-electron chi connectivity index (χ1n) is 8.13. The molecule has 4 rings (SSSR count). The Kier molecular flexibility index (Phi) is 4.31. The van der Waals surface area contributed by atoms with Gasteiger partial charge in [-0.2, -0.15) is 0 Å². The standard InChI is InChI=1S/C19H19N3S2/c1-13-4-2-3-5-16(13)18-7-6-15(24-18)12-22-9-8-17-14(11-22)10-20-19(23)21-17/h2-7,10H,8-9,11-12H2,1H3,(H,20,21,23). The molecule has 0 radical (unpaired) electrons. The quantitative estimate of drug-likeness (QED) is 0.691. The van der Waals surface area contributed by atoms with E-state index in [1.54, 1.807) is 0 Å². The summed E-state index contributed by atoms with van der Waals surface area (Å²) in [4.78, 5) is 12.7. The van der Waals surface area contributed by atoms with E-state index in [1.807, 2.05) is 17.5 Å². The molecule has 0 saturated heterocycles. The van der Waals surface area contributed by atoms with Gasteiger partial charge in [-0.3, -0.25) is 4.90 Å². The van der Waals surface area contributed by atoms with Gasteiger partial charge in [0.2, 0.25) is 0 Å². The summed E-state index contributed by atoms with van der Waals surface area (Å²) >= 11 is 7.01. The lowest BCUT2D eigenvalue weighted by Gasteiger charge is -2.27. The van der Waals surface area contributed by atoms with E-state index in [0.717, 1.165) is 26.1 Å². The third-order valence-corrected chi connectivity index (χ3v) is 5.82. The van der Waals surface area contributed by atoms with Gasteiger partial charge in [-0.05, 0) is 42.4 Å². The van der Waals surface area contributed by atoms with Crippen LogP contribution in [0.5, 0.6) is 0 Å². The van der Waals surface area contributed by atoms with E-state index in [-0.39, 0.29) is 0 Å². The number of rotatable bonds is 3. The minimum atomic E-state index is 0.586. The Morgan fingerprint density at radius 2 is 2.12 bits per heavy atom. The van der Waals surface area contributed by atoms with Gasteiger partial charge in [0.1, 0.15) is 0 Å². The van der Waals surface area contributed by atoms with Gasteiger partial charge in [0.05, 0.1) is 0 Å². The van der Waals surface area contributed by atoms with Crippen LogP contribution in [0.15, 0.2) is 42.6 Å². The molecule has 1 N–H and O–H groups in total. The number of fused-ring (bicyclic) bond motifs is 1. The van der Waals surface area contributed by atoms with Crippen molar-refractivity contribution >= 4 is 23.6 Å². The topological polar surface area (TPSA) is 31.9 Å². The van der Waals surface area contributed by atoms with Crippen molar-refractivity contribution < 1.29 is 0 Å². The molecular weight excluding hydrogens is 334 g/mol. The van der Waals surface area contributed by atoms with Gasteiger partial charge in [0, 0.05) is 53.3 Å². The number of aromatic amines is 1. The highest BCUT2D eigenvalue weighted by molar-refractivity contribution is 7.71. The Morgan fingerprint density at radius 1 is 1.25 bits per heavy atom. The van der Waals surface area contributed by atoms with E-state index < -0.39 is 0 Å². The molecule has 2 aromatic heterocycles. The number of thiophene rings is 1. The van der Waals surface area contributed by atoms with Gasteiger partial charge >= 0.3 is 0 Å². The van der Waals surface area contributed by atoms with Crippen LogP contribution >= 0.6 is 23.6 Å². The highest BCUT2D eigenvalue weighted by Crippen LogP contribution is 2.31. The largest absolute Gasteiger partial charge is 0.334 e. The predicted molar refractivity (Wildman–Crippen MR) is 102 cm³/mol. The van der Waals surface area contributed by atoms with Crippen LogP contribution < -0.4 is 0 Å². The van der Waals surface area contributed by atoms with E-state index >= 15 is 0 Å². The van der Waals surface area contributed by atoms with Crippen molar-refractivity contribution in [2.45, 2.75) is 26.4 Å². The lowest BCUT2D eigenvalue weighted by Crippen LogP contribution is -2.30. The molecule has 0 fully saturated rings. The van der Waals surface area contributed by atoms with Crippen LogP contribution in [0.1, 0.15) is 21.7 Å². The van der Waals surface area contributed by atoms with Crippen molar-refractivity contribution in [3.63, 3.8) is 0 Å². The monoisotopic (exact) mass is 353 g/mol. The number of H-pyrrole nitrogens is 1. The number of nitrogens with zero attached hydrogens (tertiary/aromatic N) is 2. The molecule has 24 heavy (non-hydrogen) atoms. The summed E-state index contributed by atoms with van der Waals surface area (Å²) in [6.45, 7) is 5.16. The van der Waals surface area contributed by atoms with Crippen LogP contribution in [0.25, 0.3) is 10.4 Å². The van der Waals surface area contributed by atoms with E-state index in [2.05, 4.69) is 58.2 Å². The zero-order chi connectivity index (χ0) is 16.5. The molecule has 0 aliphatic carbocycles. The average Bonchev–Trinajstić information content (AvgIpc) is 3.04. The van der Waals surface area contributed by atoms with E-state index in [4.69, 9.17) is 12.2 Å². The number of aryl methyl sites for hydroxylation is 1. The SMILES string of the molecule is Cc1ccccc1-c1ccc(CN2CCc3[nH]c(=S)ncc3C2)s1. The molecule has 122 valence electrons. The third-order valence-electron chi connectivity index (χ3n) is 4.51. The van der Waals surface area contributed by atoms with Crippen molar-refractivity contribution in [2.24, 2.45) is 0 Å². The first-order valence-corrected chi connectivity index (χ1v) is 9.35. The number of hydrogen-bond donors (Lipinski definition) is 1. The summed E-state index contributed by atoms with van der Waals surface area (Å²) in [5.74, 6) is 0. The van der Waals surface area contributed by atoms with Crippen molar-refractivity contribution in [2.75, 3.05) is 6.54 Å². The first kappa shape index (κ1) is 15.7. The Labute approximate surface area is 151 Å². The summed E-state index contributed by atoms with van der Waals surface area (Å²) < 4.78 is 0.586. The maximum absolute atomic E-state index is 5.11. The predicted octanol–water partition coefficient (Wildman–Crippen LogP) is 4.73. The minimum Gasteiger partial charge on any atom is -0.334 e. The maximum Gasteiger partial charge on any atom is 0.196 e. The smallest absolute Gasteiger partial charge is 0.196 e. The van der Waals surface area contributed by atoms with Gasteiger partial charge in [-0.1, -0.05) is 24.3 Å². The zero-order valence-electron chi connectivity index (χ0n) is 13.6. The number of nitrogens with one attached hydrogen (secondary N) is 1. The number of aromatic nitrogens is 2. The fraction of sp³-hybridized carbons (Fsp3) is 0.263. The summed E-state index contributed by atoms with van der Waals surface area (Å²) in [6, 6.07) is 13.1. The molecule has 1 aliphatic heterocycles. The van der Waals surface area contributed by atoms with Crippen LogP contribution in [0.4, 0.5) is 0 Å². The van der Waals surface area contributed by atoms with Crippen molar-refractivity contribution in [3.05, 3.63) is 69.1 Å². The van der Waals surface area contributed by atoms with Crippen LogP contribution in [0, 0.1) is 11.7 Å². The molecule has 3 heterocycles. The van der Waals surface area contributed by atoms with Gasteiger partial charge in [0.25, 0.3) is 0 Å². The lowest BCUT2D eigenvalue weighted by atomic mass is 10.1. The Morgan fingerprint density at radius 3 is 3.00 bits per heavy atom. The lowest BCUT2D eigenvalue weighted by molar-refractivity contribution is 0.245. The van der Waals surface area contributed by atoms with Crippen molar-refractivity contribution in [1.82, 2.24) is 14.9 Å². The molecule has 0 atom stereocenters. The Hall–Kier alpha value is -1.82. The van der Waals surface area contributed by atoms with E-state index in [0.29, 0.717) is 4.77 Å². The zero-order valence-corrected chi connectivity index (χ0v) is 15.2. The summed E-state index contributed by atoms with van der Waals surface area (Å²) in [5.41, 5.74) is 5.19. The van der Waals surface area contributed by atoms with Crippen LogP contribution in [0.2, 0.25) is 0 Å². The Bertz CT molecular complexity index is 926. The van der Waals surface area contributed by atoms with Crippen LogP contribution in [-0.2, 0) is 19.5 Å². The molecule has 5 heteroatoms. The van der Waals surface area contributed by atoms with E-state index in [1.165, 1.54) is 32.1 Å². The molecule has 0 spiro atoms. The normalized spacial score (nSPS) is 14.5. The molecule has 0 bridgehead atoms. The molecule has 1 aromatic carbocycles. The second kappa shape index (κ2) is 6.59. The number of benzene rings is 1. The van der Waals surface area contributed by atoms with E-state index in [9.17, 15) is 0 Å². The molecule has 0 amide bonds. The average molecular weight is 354 g/mol.